The number of ether oxygens (including phenoxy) is 1. The van der Waals surface area contributed by atoms with Gasteiger partial charge >= 0.3 is 0 Å². The zero-order valence-electron chi connectivity index (χ0n) is 19.7. The number of benzene rings is 3. The fourth-order valence-electron chi connectivity index (χ4n) is 4.59. The molecule has 0 unspecified atom stereocenters. The number of furan rings is 1. The third-order valence-electron chi connectivity index (χ3n) is 6.57. The highest BCUT2D eigenvalue weighted by atomic mass is 35.5. The molecule has 1 fully saturated rings. The molecule has 8 heteroatoms. The van der Waals surface area contributed by atoms with Crippen molar-refractivity contribution < 1.29 is 22.7 Å². The predicted molar refractivity (Wildman–Crippen MR) is 137 cm³/mol. The normalized spacial score (nSPS) is 15.3. The fraction of sp³-hybridized carbons (Fsp3) is 0.250. The molecule has 1 amide bonds. The molecule has 1 saturated heterocycles. The molecule has 5 nitrogen and oxygen atoms in total. The Hall–Kier alpha value is -3.42. The average molecular weight is 511 g/mol. The molecule has 1 aromatic heterocycles. The lowest BCUT2D eigenvalue weighted by Crippen LogP contribution is -2.42. The smallest absolute Gasteiger partial charge is 0.253 e. The molecule has 0 aliphatic carbocycles. The van der Waals surface area contributed by atoms with Crippen LogP contribution in [0.3, 0.4) is 0 Å². The highest BCUT2D eigenvalue weighted by Gasteiger charge is 2.35. The highest BCUT2D eigenvalue weighted by molar-refractivity contribution is 6.31. The van der Waals surface area contributed by atoms with Crippen LogP contribution < -0.4 is 10.5 Å². The van der Waals surface area contributed by atoms with E-state index in [9.17, 15) is 13.6 Å². The van der Waals surface area contributed by atoms with Crippen molar-refractivity contribution in [2.45, 2.75) is 25.3 Å². The van der Waals surface area contributed by atoms with E-state index in [1.807, 2.05) is 36.4 Å². The molecule has 0 saturated carbocycles. The van der Waals surface area contributed by atoms with Crippen LogP contribution in [0.15, 0.2) is 65.1 Å². The third-order valence-corrected chi connectivity index (χ3v) is 6.80. The van der Waals surface area contributed by atoms with Crippen LogP contribution in [0.2, 0.25) is 5.02 Å². The van der Waals surface area contributed by atoms with Crippen molar-refractivity contribution >= 4 is 28.5 Å². The van der Waals surface area contributed by atoms with Crippen LogP contribution in [0, 0.1) is 0 Å². The molecule has 3 aromatic carbocycles. The molecule has 5 rings (SSSR count). The molecule has 186 valence electrons. The van der Waals surface area contributed by atoms with Gasteiger partial charge in [0.05, 0.1) is 13.7 Å². The zero-order chi connectivity index (χ0) is 25.4. The minimum atomic E-state index is -2.69. The van der Waals surface area contributed by atoms with Crippen molar-refractivity contribution in [3.05, 3.63) is 77.0 Å². The zero-order valence-corrected chi connectivity index (χ0v) is 20.4. The first kappa shape index (κ1) is 24.3. The number of alkyl halides is 2. The van der Waals surface area contributed by atoms with Crippen LogP contribution >= 0.6 is 11.6 Å². The Morgan fingerprint density at radius 2 is 1.75 bits per heavy atom. The van der Waals surface area contributed by atoms with E-state index in [-0.39, 0.29) is 38.4 Å². The SMILES string of the molecule is COc1ccc(Cl)cc1-c1cc(-c2ccc(C(=O)N3CCC(F)(F)CC3)cc2)cc2cc(CN)oc12. The average Bonchev–Trinajstić information content (AvgIpc) is 3.31. The van der Waals surface area contributed by atoms with Crippen molar-refractivity contribution in [3.63, 3.8) is 0 Å². The number of carbonyl (C=O) groups is 1. The second kappa shape index (κ2) is 9.56. The second-order valence-electron chi connectivity index (χ2n) is 8.93. The van der Waals surface area contributed by atoms with Crippen LogP contribution in [-0.2, 0) is 6.54 Å². The monoisotopic (exact) mass is 510 g/mol. The number of fused-ring (bicyclic) bond motifs is 1. The summed E-state index contributed by atoms with van der Waals surface area (Å²) in [5.74, 6) is -1.63. The number of halogens is 3. The Balaban J connectivity index is 1.53. The number of carbonyl (C=O) groups excluding carboxylic acids is 1. The summed E-state index contributed by atoms with van der Waals surface area (Å²) in [5, 5.41) is 1.44. The van der Waals surface area contributed by atoms with Gasteiger partial charge in [0.15, 0.2) is 0 Å². The first-order chi connectivity index (χ1) is 17.3. The van der Waals surface area contributed by atoms with E-state index < -0.39 is 5.92 Å². The van der Waals surface area contributed by atoms with E-state index in [1.165, 1.54) is 4.90 Å². The van der Waals surface area contributed by atoms with Gasteiger partial charge in [0.1, 0.15) is 17.1 Å². The Labute approximate surface area is 212 Å². The lowest BCUT2D eigenvalue weighted by atomic mass is 9.95. The van der Waals surface area contributed by atoms with Crippen LogP contribution in [0.4, 0.5) is 8.78 Å². The standard InChI is InChI=1S/C28H25ClF2N2O3/c1-35-25-7-6-21(29)15-23(25)24-14-19(12-20-13-22(16-32)36-26(20)24)17-2-4-18(5-3-17)27(34)33-10-8-28(30,31)9-11-33/h2-7,12-15H,8-11,16,32H2,1H3. The van der Waals surface area contributed by atoms with Crippen molar-refractivity contribution in [3.8, 4) is 28.0 Å². The van der Waals surface area contributed by atoms with E-state index in [1.54, 1.807) is 31.4 Å². The third kappa shape index (κ3) is 4.68. The minimum Gasteiger partial charge on any atom is -0.496 e. The number of nitrogens with zero attached hydrogens (tertiary/aromatic N) is 1. The molecular formula is C28H25ClF2N2O3. The number of hydrogen-bond donors (Lipinski definition) is 1. The van der Waals surface area contributed by atoms with E-state index in [0.717, 1.165) is 27.6 Å². The van der Waals surface area contributed by atoms with Gasteiger partial charge in [-0.2, -0.15) is 0 Å². The van der Waals surface area contributed by atoms with Gasteiger partial charge < -0.3 is 19.8 Å². The second-order valence-corrected chi connectivity index (χ2v) is 9.37. The van der Waals surface area contributed by atoms with E-state index in [2.05, 4.69) is 0 Å². The number of hydrogen-bond acceptors (Lipinski definition) is 4. The van der Waals surface area contributed by atoms with Crippen LogP contribution in [0.25, 0.3) is 33.2 Å². The summed E-state index contributed by atoms with van der Waals surface area (Å²) in [7, 11) is 1.60. The summed E-state index contributed by atoms with van der Waals surface area (Å²) in [6.45, 7) is 0.369. The quantitative estimate of drug-likeness (QED) is 0.322. The Kier molecular flexibility index (Phi) is 6.45. The van der Waals surface area contributed by atoms with Crippen molar-refractivity contribution in [1.82, 2.24) is 4.90 Å². The Bertz CT molecular complexity index is 1420. The Morgan fingerprint density at radius 1 is 1.03 bits per heavy atom. The number of piperidine rings is 1. The lowest BCUT2D eigenvalue weighted by Gasteiger charge is -2.31. The van der Waals surface area contributed by atoms with E-state index >= 15 is 0 Å². The van der Waals surface area contributed by atoms with Gasteiger partial charge in [0, 0.05) is 53.0 Å². The molecule has 36 heavy (non-hydrogen) atoms. The number of rotatable bonds is 5. The molecule has 1 aliphatic heterocycles. The highest BCUT2D eigenvalue weighted by Crippen LogP contribution is 2.41. The number of amides is 1. The van der Waals surface area contributed by atoms with Crippen molar-refractivity contribution in [2.24, 2.45) is 5.73 Å². The summed E-state index contributed by atoms with van der Waals surface area (Å²) in [6.07, 6.45) is -0.607. The summed E-state index contributed by atoms with van der Waals surface area (Å²) < 4.78 is 38.6. The number of likely N-dealkylation sites (tertiary alicyclic amines) is 1. The fourth-order valence-corrected chi connectivity index (χ4v) is 4.76. The van der Waals surface area contributed by atoms with Gasteiger partial charge in [-0.05, 0) is 59.7 Å². The largest absolute Gasteiger partial charge is 0.496 e. The van der Waals surface area contributed by atoms with E-state index in [0.29, 0.717) is 27.7 Å². The summed E-state index contributed by atoms with van der Waals surface area (Å²) in [4.78, 5) is 14.3. The molecule has 0 atom stereocenters. The first-order valence-electron chi connectivity index (χ1n) is 11.7. The van der Waals surface area contributed by atoms with Crippen LogP contribution in [-0.4, -0.2) is 36.9 Å². The van der Waals surface area contributed by atoms with E-state index in [4.69, 9.17) is 26.5 Å². The molecule has 0 spiro atoms. The van der Waals surface area contributed by atoms with Crippen LogP contribution in [0.5, 0.6) is 5.75 Å². The van der Waals surface area contributed by atoms with Gasteiger partial charge in [-0.15, -0.1) is 0 Å². The maximum atomic E-state index is 13.5. The molecule has 2 N–H and O–H groups in total. The van der Waals surface area contributed by atoms with Gasteiger partial charge in [-0.1, -0.05) is 23.7 Å². The molecule has 0 bridgehead atoms. The maximum Gasteiger partial charge on any atom is 0.253 e. The van der Waals surface area contributed by atoms with Gasteiger partial charge in [-0.25, -0.2) is 8.78 Å². The molecule has 1 aliphatic rings. The predicted octanol–water partition coefficient (Wildman–Crippen LogP) is 6.76. The van der Waals surface area contributed by atoms with Crippen molar-refractivity contribution in [2.75, 3.05) is 20.2 Å². The topological polar surface area (TPSA) is 68.7 Å². The molecule has 4 aromatic rings. The van der Waals surface area contributed by atoms with Gasteiger partial charge in [0.2, 0.25) is 0 Å². The summed E-state index contributed by atoms with van der Waals surface area (Å²) in [5.41, 5.74) is 10.4. The van der Waals surface area contributed by atoms with Crippen molar-refractivity contribution in [1.29, 1.82) is 0 Å². The minimum absolute atomic E-state index is 0.0546. The summed E-state index contributed by atoms with van der Waals surface area (Å²) in [6, 6.07) is 18.5. The molecule has 2 heterocycles. The molecular weight excluding hydrogens is 486 g/mol. The number of methoxy groups -OCH3 is 1. The first-order valence-corrected chi connectivity index (χ1v) is 12.0. The number of nitrogens with two attached hydrogens (primary N) is 1. The summed E-state index contributed by atoms with van der Waals surface area (Å²) >= 11 is 6.31. The van der Waals surface area contributed by atoms with Crippen LogP contribution in [0.1, 0.15) is 29.0 Å². The van der Waals surface area contributed by atoms with Gasteiger partial charge in [-0.3, -0.25) is 4.79 Å². The molecule has 0 radical (unpaired) electrons. The lowest BCUT2D eigenvalue weighted by molar-refractivity contribution is -0.0494. The maximum absolute atomic E-state index is 13.5. The van der Waals surface area contributed by atoms with Gasteiger partial charge in [0.25, 0.3) is 11.8 Å². The Morgan fingerprint density at radius 3 is 2.42 bits per heavy atom.